The normalized spacial score (nSPS) is 30.8. The van der Waals surface area contributed by atoms with Gasteiger partial charge in [-0.1, -0.05) is 63.2 Å². The van der Waals surface area contributed by atoms with Crippen molar-refractivity contribution in [3.8, 4) is 0 Å². The zero-order valence-electron chi connectivity index (χ0n) is 21.5. The molecule has 2 bridgehead atoms. The molecule has 7 nitrogen and oxygen atoms in total. The van der Waals surface area contributed by atoms with Crippen LogP contribution in [0.5, 0.6) is 0 Å². The molecule has 3 aliphatic heterocycles. The summed E-state index contributed by atoms with van der Waals surface area (Å²) in [6.07, 6.45) is 3.82. The number of carbonyl (C=O) groups excluding carboxylic acids is 3. The van der Waals surface area contributed by atoms with Crippen LogP contribution in [0.15, 0.2) is 49.6 Å². The third-order valence-corrected chi connectivity index (χ3v) is 10.5. The van der Waals surface area contributed by atoms with E-state index in [1.807, 2.05) is 13.8 Å². The van der Waals surface area contributed by atoms with Gasteiger partial charge in [0.05, 0.1) is 39.9 Å². The molecule has 9 heteroatoms. The molecule has 0 aliphatic carbocycles. The highest BCUT2D eigenvalue weighted by Crippen LogP contribution is 2.69. The smallest absolute Gasteiger partial charge is 0.311 e. The van der Waals surface area contributed by atoms with Crippen molar-refractivity contribution in [3.63, 3.8) is 0 Å². The van der Waals surface area contributed by atoms with Gasteiger partial charge in [-0.2, -0.15) is 0 Å². The molecule has 3 fully saturated rings. The number of para-hydroxylation sites is 1. The van der Waals surface area contributed by atoms with Crippen LogP contribution in [0, 0.1) is 23.7 Å². The molecule has 3 aliphatic rings. The molecule has 3 heterocycles. The lowest BCUT2D eigenvalue weighted by Crippen LogP contribution is -2.60. The zero-order chi connectivity index (χ0) is 27.1. The van der Waals surface area contributed by atoms with Crippen molar-refractivity contribution in [2.45, 2.75) is 49.3 Å². The van der Waals surface area contributed by atoms with Crippen LogP contribution in [0.25, 0.3) is 0 Å². The standard InChI is InChI=1S/C28H35ClN2O5S/c1-6-12-30(19-11-9-8-10-18(19)29)26(34)24-28-17(5)14-21(37-28)22(27(35)36-13-7-2)23(28)25(33)31(24)20(15-32)16(3)4/h6-11,16-17,20-24,32H,1-2,12-15H2,3-5H3/t17?,20-,21-,22+,23-,24?,28?/m0/s1. The van der Waals surface area contributed by atoms with E-state index in [0.29, 0.717) is 17.1 Å². The Morgan fingerprint density at radius 2 is 2.03 bits per heavy atom. The number of rotatable bonds is 10. The number of aliphatic hydroxyl groups excluding tert-OH is 1. The van der Waals surface area contributed by atoms with Gasteiger partial charge in [0.15, 0.2) is 0 Å². The molecule has 1 aromatic carbocycles. The highest BCUT2D eigenvalue weighted by molar-refractivity contribution is 8.02. The number of likely N-dealkylation sites (tertiary alicyclic amines) is 1. The summed E-state index contributed by atoms with van der Waals surface area (Å²) < 4.78 is 4.60. The molecule has 37 heavy (non-hydrogen) atoms. The summed E-state index contributed by atoms with van der Waals surface area (Å²) in [5, 5.41) is 10.7. The van der Waals surface area contributed by atoms with E-state index in [1.165, 1.54) is 6.08 Å². The second-order valence-corrected chi connectivity index (χ2v) is 12.4. The number of halogens is 1. The second kappa shape index (κ2) is 10.8. The summed E-state index contributed by atoms with van der Waals surface area (Å²) >= 11 is 8.09. The Hall–Kier alpha value is -2.29. The first-order valence-corrected chi connectivity index (χ1v) is 14.0. The van der Waals surface area contributed by atoms with Crippen LogP contribution in [-0.4, -0.2) is 69.6 Å². The van der Waals surface area contributed by atoms with Gasteiger partial charge in [-0.15, -0.1) is 18.3 Å². The number of fused-ring (bicyclic) bond motifs is 1. The first-order valence-electron chi connectivity index (χ1n) is 12.7. The van der Waals surface area contributed by atoms with Crippen molar-refractivity contribution in [2.75, 3.05) is 24.7 Å². The Morgan fingerprint density at radius 3 is 2.62 bits per heavy atom. The molecular formula is C28H35ClN2O5S. The average molecular weight is 547 g/mol. The number of nitrogens with zero attached hydrogens (tertiary/aromatic N) is 2. The Balaban J connectivity index is 1.87. The lowest BCUT2D eigenvalue weighted by atomic mass is 9.66. The molecule has 7 atom stereocenters. The van der Waals surface area contributed by atoms with Gasteiger partial charge in [0.2, 0.25) is 5.91 Å². The first kappa shape index (κ1) is 27.7. The van der Waals surface area contributed by atoms with E-state index in [9.17, 15) is 19.5 Å². The van der Waals surface area contributed by atoms with Gasteiger partial charge < -0.3 is 19.6 Å². The van der Waals surface area contributed by atoms with Crippen LogP contribution < -0.4 is 4.90 Å². The van der Waals surface area contributed by atoms with Crippen LogP contribution >= 0.6 is 23.4 Å². The van der Waals surface area contributed by atoms with Gasteiger partial charge in [-0.05, 0) is 30.4 Å². The Labute approximate surface area is 227 Å². The highest BCUT2D eigenvalue weighted by Gasteiger charge is 2.77. The van der Waals surface area contributed by atoms with Crippen LogP contribution in [0.3, 0.4) is 0 Å². The Morgan fingerprint density at radius 1 is 1.32 bits per heavy atom. The average Bonchev–Trinajstić information content (AvgIpc) is 3.45. The summed E-state index contributed by atoms with van der Waals surface area (Å²) in [6.45, 7) is 13.3. The third kappa shape index (κ3) is 4.31. The molecule has 2 amide bonds. The van der Waals surface area contributed by atoms with Gasteiger partial charge in [-0.25, -0.2) is 0 Å². The second-order valence-electron chi connectivity index (χ2n) is 10.4. The van der Waals surface area contributed by atoms with Crippen LogP contribution in [0.1, 0.15) is 27.2 Å². The Kier molecular flexibility index (Phi) is 8.12. The fraction of sp³-hybridized carbons (Fsp3) is 0.536. The van der Waals surface area contributed by atoms with E-state index in [0.717, 1.165) is 0 Å². The number of hydrogen-bond donors (Lipinski definition) is 1. The van der Waals surface area contributed by atoms with Crippen LogP contribution in [-0.2, 0) is 19.1 Å². The maximum Gasteiger partial charge on any atom is 0.311 e. The van der Waals surface area contributed by atoms with Crippen molar-refractivity contribution in [1.82, 2.24) is 4.90 Å². The third-order valence-electron chi connectivity index (χ3n) is 8.07. The van der Waals surface area contributed by atoms with E-state index in [1.54, 1.807) is 51.9 Å². The molecule has 3 unspecified atom stereocenters. The number of benzene rings is 1. The predicted molar refractivity (Wildman–Crippen MR) is 146 cm³/mol. The molecule has 1 aromatic rings. The number of carbonyl (C=O) groups is 3. The van der Waals surface area contributed by atoms with Gasteiger partial charge in [0, 0.05) is 11.8 Å². The SMILES string of the molecule is C=CCOC(=O)[C@@H]1[C@@H]2CC(C)C3(S2)C(C(=O)N(CC=C)c2ccccc2Cl)N([C@@H](CO)C(C)C)C(=O)[C@H]13. The lowest BCUT2D eigenvalue weighted by Gasteiger charge is -2.42. The number of amides is 2. The van der Waals surface area contributed by atoms with Gasteiger partial charge >= 0.3 is 5.97 Å². The number of aliphatic hydroxyl groups is 1. The maximum absolute atomic E-state index is 14.6. The zero-order valence-corrected chi connectivity index (χ0v) is 23.1. The van der Waals surface area contributed by atoms with Crippen molar-refractivity contribution < 1.29 is 24.2 Å². The molecule has 3 saturated heterocycles. The molecule has 200 valence electrons. The number of thioether (sulfide) groups is 1. The molecule has 4 rings (SSSR count). The topological polar surface area (TPSA) is 87.2 Å². The molecule has 1 spiro atoms. The summed E-state index contributed by atoms with van der Waals surface area (Å²) in [7, 11) is 0. The van der Waals surface area contributed by atoms with Gasteiger partial charge in [-0.3, -0.25) is 14.4 Å². The number of anilines is 1. The van der Waals surface area contributed by atoms with Crippen molar-refractivity contribution in [2.24, 2.45) is 23.7 Å². The van der Waals surface area contributed by atoms with Gasteiger partial charge in [0.1, 0.15) is 12.6 Å². The molecule has 0 aromatic heterocycles. The molecular weight excluding hydrogens is 512 g/mol. The van der Waals surface area contributed by atoms with E-state index < -0.39 is 34.6 Å². The predicted octanol–water partition coefficient (Wildman–Crippen LogP) is 3.94. The van der Waals surface area contributed by atoms with Crippen molar-refractivity contribution in [1.29, 1.82) is 0 Å². The quantitative estimate of drug-likeness (QED) is 0.353. The summed E-state index contributed by atoms with van der Waals surface area (Å²) in [5.74, 6) is -2.50. The van der Waals surface area contributed by atoms with E-state index in [2.05, 4.69) is 20.1 Å². The minimum Gasteiger partial charge on any atom is -0.461 e. The van der Waals surface area contributed by atoms with Crippen LogP contribution in [0.2, 0.25) is 5.02 Å². The number of hydrogen-bond acceptors (Lipinski definition) is 6. The van der Waals surface area contributed by atoms with Crippen molar-refractivity contribution in [3.05, 3.63) is 54.6 Å². The summed E-state index contributed by atoms with van der Waals surface area (Å²) in [5.41, 5.74) is 0.526. The first-order chi connectivity index (χ1) is 17.6. The van der Waals surface area contributed by atoms with E-state index >= 15 is 0 Å². The fourth-order valence-electron chi connectivity index (χ4n) is 6.48. The lowest BCUT2D eigenvalue weighted by molar-refractivity contribution is -0.154. The fourth-order valence-corrected chi connectivity index (χ4v) is 9.10. The number of ether oxygens (including phenoxy) is 1. The van der Waals surface area contributed by atoms with E-state index in [-0.39, 0.29) is 48.7 Å². The highest BCUT2D eigenvalue weighted by atomic mass is 35.5. The van der Waals surface area contributed by atoms with Crippen LogP contribution in [0.4, 0.5) is 5.69 Å². The maximum atomic E-state index is 14.6. The Bertz CT molecular complexity index is 1100. The summed E-state index contributed by atoms with van der Waals surface area (Å²) in [4.78, 5) is 45.2. The molecule has 0 radical (unpaired) electrons. The molecule has 1 N–H and O–H groups in total. The van der Waals surface area contributed by atoms with Crippen molar-refractivity contribution >= 4 is 46.8 Å². The molecule has 0 saturated carbocycles. The minimum atomic E-state index is -0.886. The van der Waals surface area contributed by atoms with E-state index in [4.69, 9.17) is 16.3 Å². The largest absolute Gasteiger partial charge is 0.461 e. The minimum absolute atomic E-state index is 0.0119. The monoisotopic (exact) mass is 546 g/mol. The summed E-state index contributed by atoms with van der Waals surface area (Å²) in [6, 6.07) is 5.60. The van der Waals surface area contributed by atoms with Gasteiger partial charge in [0.25, 0.3) is 5.91 Å². The number of esters is 1.